The molecule has 3 N–H and O–H groups in total. The Kier molecular flexibility index (Phi) is 6.17. The Morgan fingerprint density at radius 1 is 1.15 bits per heavy atom. The van der Waals surface area contributed by atoms with Gasteiger partial charge in [0, 0.05) is 36.4 Å². The maximum atomic E-state index is 12.6. The number of amides is 2. The lowest BCUT2D eigenvalue weighted by atomic mass is 10.1. The molecule has 0 aliphatic carbocycles. The van der Waals surface area contributed by atoms with Crippen LogP contribution >= 0.6 is 0 Å². The number of carbonyl (C=O) groups excluding carboxylic acids is 2. The summed E-state index contributed by atoms with van der Waals surface area (Å²) < 4.78 is 5.24. The van der Waals surface area contributed by atoms with Crippen molar-refractivity contribution >= 4 is 28.4 Å². The van der Waals surface area contributed by atoms with E-state index >= 15 is 0 Å². The van der Waals surface area contributed by atoms with E-state index in [1.165, 1.54) is 0 Å². The summed E-state index contributed by atoms with van der Waals surface area (Å²) in [5.41, 5.74) is 2.22. The van der Waals surface area contributed by atoms with Gasteiger partial charge in [-0.25, -0.2) is 0 Å². The number of rotatable bonds is 8. The lowest BCUT2D eigenvalue weighted by Gasteiger charge is -2.09. The lowest BCUT2D eigenvalue weighted by molar-refractivity contribution is 0.0943. The zero-order chi connectivity index (χ0) is 19.1. The summed E-state index contributed by atoms with van der Waals surface area (Å²) in [5.74, 6) is -0.447. The largest absolute Gasteiger partial charge is 0.382 e. The fourth-order valence-corrected chi connectivity index (χ4v) is 2.72. The number of nitrogens with zero attached hydrogens (tertiary/aromatic N) is 1. The van der Waals surface area contributed by atoms with Crippen LogP contribution in [0.15, 0.2) is 48.7 Å². The van der Waals surface area contributed by atoms with Gasteiger partial charge in [0.1, 0.15) is 0 Å². The molecule has 0 fully saturated rings. The number of carbonyl (C=O) groups is 2. The number of hydrogen-bond acceptors (Lipinski definition) is 4. The SMILES string of the molecule is CCOCCCNC(=O)c1cccc(NC(=O)c2cccc3cn[nH]c23)c1. The summed E-state index contributed by atoms with van der Waals surface area (Å²) in [6.07, 6.45) is 2.42. The van der Waals surface area contributed by atoms with Crippen LogP contribution in [0.1, 0.15) is 34.1 Å². The van der Waals surface area contributed by atoms with Crippen LogP contribution in [-0.4, -0.2) is 41.8 Å². The highest BCUT2D eigenvalue weighted by molar-refractivity contribution is 6.12. The summed E-state index contributed by atoms with van der Waals surface area (Å²) in [5, 5.41) is 13.3. The molecule has 0 aliphatic heterocycles. The number of hydrogen-bond donors (Lipinski definition) is 3. The van der Waals surface area contributed by atoms with E-state index in [2.05, 4.69) is 20.8 Å². The average molecular weight is 366 g/mol. The van der Waals surface area contributed by atoms with Gasteiger partial charge >= 0.3 is 0 Å². The van der Waals surface area contributed by atoms with Gasteiger partial charge in [0.05, 0.1) is 17.3 Å². The number of fused-ring (bicyclic) bond motifs is 1. The van der Waals surface area contributed by atoms with Gasteiger partial charge in [-0.2, -0.15) is 5.10 Å². The molecule has 1 heterocycles. The Labute approximate surface area is 157 Å². The van der Waals surface area contributed by atoms with Crippen molar-refractivity contribution in [2.75, 3.05) is 25.1 Å². The number of nitrogens with one attached hydrogen (secondary N) is 3. The summed E-state index contributed by atoms with van der Waals surface area (Å²) in [7, 11) is 0. The molecule has 3 aromatic rings. The summed E-state index contributed by atoms with van der Waals surface area (Å²) in [6.45, 7) is 3.76. The van der Waals surface area contributed by atoms with Crippen LogP contribution in [0.25, 0.3) is 10.9 Å². The van der Waals surface area contributed by atoms with Crippen molar-refractivity contribution in [3.8, 4) is 0 Å². The van der Waals surface area contributed by atoms with Crippen LogP contribution in [0.2, 0.25) is 0 Å². The smallest absolute Gasteiger partial charge is 0.257 e. The van der Waals surface area contributed by atoms with Crippen LogP contribution in [0.4, 0.5) is 5.69 Å². The third-order valence-electron chi connectivity index (χ3n) is 4.06. The third kappa shape index (κ3) is 4.71. The highest BCUT2D eigenvalue weighted by Crippen LogP contribution is 2.18. The first-order chi connectivity index (χ1) is 13.2. The standard InChI is InChI=1S/C20H22N4O3/c1-2-27-11-5-10-21-19(25)14-6-3-8-16(12-14)23-20(26)17-9-4-7-15-13-22-24-18(15)17/h3-4,6-9,12-13H,2,5,10-11H2,1H3,(H,21,25)(H,22,24)(H,23,26). The number of benzene rings is 2. The minimum Gasteiger partial charge on any atom is -0.382 e. The number of aromatic nitrogens is 2. The van der Waals surface area contributed by atoms with Crippen molar-refractivity contribution in [3.63, 3.8) is 0 Å². The van der Waals surface area contributed by atoms with Gasteiger partial charge in [-0.3, -0.25) is 14.7 Å². The molecule has 0 radical (unpaired) electrons. The van der Waals surface area contributed by atoms with Crippen LogP contribution in [0.5, 0.6) is 0 Å². The van der Waals surface area contributed by atoms with Crippen LogP contribution < -0.4 is 10.6 Å². The highest BCUT2D eigenvalue weighted by atomic mass is 16.5. The van der Waals surface area contributed by atoms with Crippen LogP contribution in [-0.2, 0) is 4.74 Å². The van der Waals surface area contributed by atoms with Crippen molar-refractivity contribution in [1.29, 1.82) is 0 Å². The molecule has 7 nitrogen and oxygen atoms in total. The van der Waals surface area contributed by atoms with Gasteiger partial charge in [0.15, 0.2) is 0 Å². The molecule has 1 aromatic heterocycles. The van der Waals surface area contributed by atoms with E-state index in [9.17, 15) is 9.59 Å². The molecule has 27 heavy (non-hydrogen) atoms. The molecular weight excluding hydrogens is 344 g/mol. The van der Waals surface area contributed by atoms with E-state index in [0.29, 0.717) is 42.1 Å². The third-order valence-corrected chi connectivity index (χ3v) is 4.06. The molecule has 0 aliphatic rings. The lowest BCUT2D eigenvalue weighted by Crippen LogP contribution is -2.25. The monoisotopic (exact) mass is 366 g/mol. The first-order valence-corrected chi connectivity index (χ1v) is 8.88. The molecule has 2 amide bonds. The van der Waals surface area contributed by atoms with E-state index in [-0.39, 0.29) is 11.8 Å². The van der Waals surface area contributed by atoms with E-state index in [1.807, 2.05) is 13.0 Å². The fraction of sp³-hybridized carbons (Fsp3) is 0.250. The van der Waals surface area contributed by atoms with Crippen molar-refractivity contribution in [2.24, 2.45) is 0 Å². The molecule has 140 valence electrons. The molecule has 0 unspecified atom stereocenters. The molecule has 0 atom stereocenters. The van der Waals surface area contributed by atoms with E-state index in [4.69, 9.17) is 4.74 Å². The minimum atomic E-state index is -0.265. The van der Waals surface area contributed by atoms with E-state index in [1.54, 1.807) is 42.6 Å². The Bertz CT molecular complexity index is 936. The topological polar surface area (TPSA) is 96.1 Å². The molecule has 2 aromatic carbocycles. The second-order valence-electron chi connectivity index (χ2n) is 5.98. The molecule has 0 spiro atoms. The zero-order valence-electron chi connectivity index (χ0n) is 15.1. The number of H-pyrrole nitrogens is 1. The predicted octanol–water partition coefficient (Wildman–Crippen LogP) is 2.97. The molecule has 3 rings (SSSR count). The van der Waals surface area contributed by atoms with Crippen LogP contribution in [0, 0.1) is 0 Å². The van der Waals surface area contributed by atoms with Crippen LogP contribution in [0.3, 0.4) is 0 Å². The molecule has 0 saturated carbocycles. The molecule has 0 saturated heterocycles. The minimum absolute atomic E-state index is 0.182. The molecular formula is C20H22N4O3. The fourth-order valence-electron chi connectivity index (χ4n) is 2.72. The maximum absolute atomic E-state index is 12.6. The van der Waals surface area contributed by atoms with Gasteiger partial charge in [-0.1, -0.05) is 18.2 Å². The van der Waals surface area contributed by atoms with E-state index < -0.39 is 0 Å². The van der Waals surface area contributed by atoms with E-state index in [0.717, 1.165) is 11.8 Å². The Morgan fingerprint density at radius 2 is 2.00 bits per heavy atom. The number of ether oxygens (including phenoxy) is 1. The first kappa shape index (κ1) is 18.6. The normalized spacial score (nSPS) is 10.7. The molecule has 7 heteroatoms. The molecule has 0 bridgehead atoms. The average Bonchev–Trinajstić information content (AvgIpc) is 3.16. The van der Waals surface area contributed by atoms with Gasteiger partial charge in [0.25, 0.3) is 11.8 Å². The predicted molar refractivity (Wildman–Crippen MR) is 104 cm³/mol. The van der Waals surface area contributed by atoms with Crippen molar-refractivity contribution in [2.45, 2.75) is 13.3 Å². The quantitative estimate of drug-likeness (QED) is 0.534. The Morgan fingerprint density at radius 3 is 2.85 bits per heavy atom. The summed E-state index contributed by atoms with van der Waals surface area (Å²) >= 11 is 0. The number of para-hydroxylation sites is 1. The first-order valence-electron chi connectivity index (χ1n) is 8.88. The van der Waals surface area contributed by atoms with Crippen molar-refractivity contribution in [1.82, 2.24) is 15.5 Å². The number of anilines is 1. The van der Waals surface area contributed by atoms with Gasteiger partial charge in [0.2, 0.25) is 0 Å². The van der Waals surface area contributed by atoms with Crippen molar-refractivity contribution < 1.29 is 14.3 Å². The second-order valence-corrected chi connectivity index (χ2v) is 5.98. The van der Waals surface area contributed by atoms with Crippen molar-refractivity contribution in [3.05, 3.63) is 59.8 Å². The summed E-state index contributed by atoms with van der Waals surface area (Å²) in [4.78, 5) is 24.9. The Balaban J connectivity index is 1.64. The van der Waals surface area contributed by atoms with Gasteiger partial charge in [-0.15, -0.1) is 0 Å². The highest BCUT2D eigenvalue weighted by Gasteiger charge is 2.12. The second kappa shape index (κ2) is 8.95. The maximum Gasteiger partial charge on any atom is 0.257 e. The Hall–Kier alpha value is -3.19. The van der Waals surface area contributed by atoms with Gasteiger partial charge < -0.3 is 15.4 Å². The van der Waals surface area contributed by atoms with Gasteiger partial charge in [-0.05, 0) is 37.6 Å². The summed E-state index contributed by atoms with van der Waals surface area (Å²) in [6, 6.07) is 12.3. The number of aromatic amines is 1. The zero-order valence-corrected chi connectivity index (χ0v) is 15.1.